The van der Waals surface area contributed by atoms with E-state index in [9.17, 15) is 8.50 Å². The van der Waals surface area contributed by atoms with E-state index in [4.69, 9.17) is 0 Å². The molecule has 4 heteroatoms. The smallest absolute Gasteiger partial charge is 0.132 e. The third-order valence-corrected chi connectivity index (χ3v) is 11.2. The Morgan fingerprint density at radius 3 is 1.09 bits per heavy atom. The molecule has 7 rings (SSSR count). The van der Waals surface area contributed by atoms with Crippen LogP contribution in [0.2, 0.25) is 0 Å². The molecule has 0 fully saturated rings. The normalized spacial score (nSPS) is 10.4. The van der Waals surface area contributed by atoms with Crippen molar-refractivity contribution in [1.29, 1.82) is 0 Å². The average Bonchev–Trinajstić information content (AvgIpc) is 3.59. The largest absolute Gasteiger partial charge is 0.665 e. The molecule has 7 aromatic rings. The Labute approximate surface area is 331 Å². The number of phenols is 1. The van der Waals surface area contributed by atoms with Crippen molar-refractivity contribution in [3.63, 3.8) is 0 Å². The van der Waals surface area contributed by atoms with Gasteiger partial charge >= 0.3 is 81.0 Å². The summed E-state index contributed by atoms with van der Waals surface area (Å²) in [5, 5.41) is 11.9. The molecule has 276 valence electrons. The van der Waals surface area contributed by atoms with E-state index >= 15 is 0 Å². The van der Waals surface area contributed by atoms with Crippen molar-refractivity contribution in [2.45, 2.75) is 53.9 Å². The van der Waals surface area contributed by atoms with Gasteiger partial charge in [-0.15, -0.1) is 0 Å². The van der Waals surface area contributed by atoms with E-state index in [1.807, 2.05) is 142 Å². The summed E-state index contributed by atoms with van der Waals surface area (Å²) in [5.41, 5.74) is 12.6. The summed E-state index contributed by atoms with van der Waals surface area (Å²) >= 11 is -1.43. The molecular weight excluding hydrogens is 830 g/mol. The fraction of sp³-hybridized carbons (Fsp3) is 0.160. The fourth-order valence-electron chi connectivity index (χ4n) is 6.21. The van der Waals surface area contributed by atoms with Crippen LogP contribution in [0, 0.1) is 27.2 Å². The maximum Gasteiger partial charge on any atom is 0.132 e. The number of hydrogen-bond acceptors (Lipinski definition) is 2. The monoisotopic (exact) mass is 881 g/mol. The maximum absolute atomic E-state index is 11.9. The second kappa shape index (κ2) is 20.9. The summed E-state index contributed by atoms with van der Waals surface area (Å²) in [6, 6.07) is 55.3. The van der Waals surface area contributed by atoms with Crippen molar-refractivity contribution in [3.05, 3.63) is 193 Å². The van der Waals surface area contributed by atoms with Crippen LogP contribution in [0.3, 0.4) is 0 Å². The van der Waals surface area contributed by atoms with Gasteiger partial charge in [0, 0.05) is 11.1 Å². The Bertz CT molecular complexity index is 1980. The molecule has 0 saturated heterocycles. The van der Waals surface area contributed by atoms with Crippen LogP contribution in [0.1, 0.15) is 50.2 Å². The number of benzene rings is 6. The molecule has 0 saturated carbocycles. The van der Waals surface area contributed by atoms with Gasteiger partial charge in [0.1, 0.15) is 5.75 Å². The first-order valence-electron chi connectivity index (χ1n) is 18.2. The van der Waals surface area contributed by atoms with E-state index in [-0.39, 0.29) is 5.41 Å². The predicted octanol–water partition coefficient (Wildman–Crippen LogP) is 13.1. The van der Waals surface area contributed by atoms with Crippen molar-refractivity contribution in [2.75, 3.05) is 0 Å². The van der Waals surface area contributed by atoms with Gasteiger partial charge in [0.15, 0.2) is 0 Å². The molecule has 0 radical (unpaired) electrons. The quantitative estimate of drug-likeness (QED) is 0.169. The zero-order valence-corrected chi connectivity index (χ0v) is 35.4. The summed E-state index contributed by atoms with van der Waals surface area (Å²) in [7, 11) is 0. The SMILES string of the molecule is CC(C)([CH]=[W]=[O])c1ccccc1.C[CH-]C.Cc1c(-c2ccccc2)c(-c2ccccc2)c(O)c(-c2ccccc2)c1-c1ccccc1.Cc1ccc(C)[n-]1. The first-order valence-corrected chi connectivity index (χ1v) is 21.1. The van der Waals surface area contributed by atoms with Crippen LogP contribution in [0.25, 0.3) is 44.5 Å². The zero-order valence-electron chi connectivity index (χ0n) is 32.5. The Hall–Kier alpha value is -5.24. The van der Waals surface area contributed by atoms with Crippen molar-refractivity contribution in [1.82, 2.24) is 4.98 Å². The Morgan fingerprint density at radius 1 is 0.519 bits per heavy atom. The van der Waals surface area contributed by atoms with Crippen LogP contribution < -0.4 is 4.98 Å². The van der Waals surface area contributed by atoms with Crippen LogP contribution in [-0.4, -0.2) is 9.51 Å². The van der Waals surface area contributed by atoms with Crippen LogP contribution in [-0.2, 0) is 26.9 Å². The van der Waals surface area contributed by atoms with Crippen molar-refractivity contribution >= 4 is 4.40 Å². The molecular formula is C50H51NO2W-2. The summed E-state index contributed by atoms with van der Waals surface area (Å²) in [6.45, 7) is 14.4. The molecule has 0 atom stereocenters. The molecule has 0 aliphatic rings. The van der Waals surface area contributed by atoms with E-state index in [1.165, 1.54) is 5.56 Å². The maximum atomic E-state index is 11.9. The number of aryl methyl sites for hydroxylation is 2. The Balaban J connectivity index is 0.000000241. The van der Waals surface area contributed by atoms with E-state index in [0.29, 0.717) is 5.75 Å². The minimum absolute atomic E-state index is 0.0202. The van der Waals surface area contributed by atoms with Gasteiger partial charge in [0.05, 0.1) is 0 Å². The molecule has 0 aliphatic heterocycles. The molecule has 0 aliphatic carbocycles. The third kappa shape index (κ3) is 11.1. The number of phenolic OH excluding ortho intramolecular Hbond substituents is 1. The van der Waals surface area contributed by atoms with Gasteiger partial charge in [-0.2, -0.15) is 25.2 Å². The third-order valence-electron chi connectivity index (χ3n) is 8.75. The molecule has 0 amide bonds. The van der Waals surface area contributed by atoms with Crippen molar-refractivity contribution in [3.8, 4) is 50.3 Å². The minimum atomic E-state index is -1.43. The standard InChI is InChI=1S/C31H24O.C10H12.C6H8N.C3H7.O.W/c1-22-27(23-14-6-2-7-15-23)29(25-18-10-4-11-19-25)31(32)30(26-20-12-5-13-21-26)28(22)24-16-8-3-9-17-24;1-10(2,3)9-7-5-4-6-8-9;1-5-3-4-6(2)7-5;1-3-2;;/h2-21,32H,1H3;1,4-8H,2-3H3;3-4H,1-2H3;3H,1-2H3;;/q;;2*-1;;. The van der Waals surface area contributed by atoms with Crippen molar-refractivity contribution < 1.29 is 26.6 Å². The molecule has 1 aromatic heterocycles. The summed E-state index contributed by atoms with van der Waals surface area (Å²) in [4.78, 5) is 4.11. The molecule has 0 unspecified atom stereocenters. The van der Waals surface area contributed by atoms with Crippen LogP contribution in [0.4, 0.5) is 0 Å². The number of nitrogens with zero attached hydrogens (tertiary/aromatic N) is 1. The molecule has 3 nitrogen and oxygen atoms in total. The van der Waals surface area contributed by atoms with Gasteiger partial charge in [0.25, 0.3) is 0 Å². The number of aromatic hydroxyl groups is 1. The van der Waals surface area contributed by atoms with E-state index < -0.39 is 18.1 Å². The molecule has 1 N–H and O–H groups in total. The second-order valence-electron chi connectivity index (χ2n) is 13.5. The fourth-order valence-corrected chi connectivity index (χ4v) is 7.57. The molecule has 0 spiro atoms. The van der Waals surface area contributed by atoms with E-state index in [2.05, 4.69) is 86.4 Å². The first kappa shape index (κ1) is 41.5. The summed E-state index contributed by atoms with van der Waals surface area (Å²) in [6.07, 6.45) is 2.00. The zero-order chi connectivity index (χ0) is 38.9. The van der Waals surface area contributed by atoms with Crippen LogP contribution in [0.5, 0.6) is 5.75 Å². The van der Waals surface area contributed by atoms with Crippen molar-refractivity contribution in [2.24, 2.45) is 0 Å². The molecule has 1 heterocycles. The van der Waals surface area contributed by atoms with Gasteiger partial charge in [-0.3, -0.25) is 0 Å². The summed E-state index contributed by atoms with van der Waals surface area (Å²) in [5.74, 6) is 0.311. The minimum Gasteiger partial charge on any atom is -0.665 e. The Morgan fingerprint density at radius 2 is 0.815 bits per heavy atom. The Kier molecular flexibility index (Phi) is 16.0. The van der Waals surface area contributed by atoms with Gasteiger partial charge in [-0.05, 0) is 45.9 Å². The number of hydrogen-bond donors (Lipinski definition) is 1. The van der Waals surface area contributed by atoms with Gasteiger partial charge in [0.2, 0.25) is 0 Å². The average molecular weight is 882 g/mol. The first-order chi connectivity index (χ1) is 26.1. The topological polar surface area (TPSA) is 51.4 Å². The van der Waals surface area contributed by atoms with Crippen LogP contribution in [0.15, 0.2) is 164 Å². The second-order valence-corrected chi connectivity index (χ2v) is 15.1. The molecule has 6 aromatic carbocycles. The van der Waals surface area contributed by atoms with E-state index in [0.717, 1.165) is 61.5 Å². The molecule has 0 bridgehead atoms. The number of aromatic nitrogens is 1. The van der Waals surface area contributed by atoms with Crippen LogP contribution >= 0.6 is 0 Å². The van der Waals surface area contributed by atoms with Gasteiger partial charge in [-0.1, -0.05) is 147 Å². The summed E-state index contributed by atoms with van der Waals surface area (Å²) < 4.78 is 12.6. The van der Waals surface area contributed by atoms with Gasteiger partial charge in [-0.25, -0.2) is 0 Å². The van der Waals surface area contributed by atoms with E-state index in [1.54, 1.807) is 0 Å². The number of rotatable bonds is 6. The predicted molar refractivity (Wildman–Crippen MR) is 226 cm³/mol. The molecule has 54 heavy (non-hydrogen) atoms. The van der Waals surface area contributed by atoms with Gasteiger partial charge < -0.3 is 16.5 Å².